The van der Waals surface area contributed by atoms with Gasteiger partial charge in [0.05, 0.1) is 6.61 Å². The monoisotopic (exact) mass is 326 g/mol. The summed E-state index contributed by atoms with van der Waals surface area (Å²) < 4.78 is 10.9. The predicted molar refractivity (Wildman–Crippen MR) is 91.4 cm³/mol. The third-order valence-electron chi connectivity index (χ3n) is 3.38. The van der Waals surface area contributed by atoms with Crippen LogP contribution in [0.3, 0.4) is 0 Å². The maximum absolute atomic E-state index is 11.9. The van der Waals surface area contributed by atoms with Crippen LogP contribution in [0, 0.1) is 0 Å². The molecule has 3 aromatic rings. The van der Waals surface area contributed by atoms with Crippen molar-refractivity contribution in [1.82, 2.24) is 0 Å². The lowest BCUT2D eigenvalue weighted by Crippen LogP contribution is -2.01. The van der Waals surface area contributed by atoms with Crippen LogP contribution in [0.25, 0.3) is 16.5 Å². The minimum absolute atomic E-state index is 0.327. The van der Waals surface area contributed by atoms with E-state index in [0.717, 1.165) is 16.5 Å². The highest BCUT2D eigenvalue weighted by Crippen LogP contribution is 2.30. The number of esters is 1. The summed E-state index contributed by atoms with van der Waals surface area (Å²) in [5, 5.41) is 1.53. The number of furan rings is 1. The topological polar surface area (TPSA) is 39.4 Å². The molecule has 0 radical (unpaired) electrons. The molecule has 0 atom stereocenters. The van der Waals surface area contributed by atoms with Crippen molar-refractivity contribution in [3.8, 4) is 0 Å². The lowest BCUT2D eigenvalue weighted by molar-refractivity contribution is -0.137. The van der Waals surface area contributed by atoms with Gasteiger partial charge in [0.2, 0.25) is 0 Å². The number of ether oxygens (including phenoxy) is 1. The molecule has 0 amide bonds. The van der Waals surface area contributed by atoms with Gasteiger partial charge in [0, 0.05) is 22.1 Å². The smallest absolute Gasteiger partial charge is 0.331 e. The SMILES string of the molecule is CCOC(=O)/C=C(\c1ccccc1)c1cc2cc(Cl)ccc2o1. The molecule has 0 saturated carbocycles. The zero-order valence-corrected chi connectivity index (χ0v) is 13.3. The number of carbonyl (C=O) groups excluding carboxylic acids is 1. The molecule has 0 aliphatic rings. The van der Waals surface area contributed by atoms with Crippen LogP contribution in [-0.4, -0.2) is 12.6 Å². The quantitative estimate of drug-likeness (QED) is 0.495. The molecule has 0 N–H and O–H groups in total. The van der Waals surface area contributed by atoms with Gasteiger partial charge in [-0.1, -0.05) is 41.9 Å². The number of rotatable bonds is 4. The third kappa shape index (κ3) is 3.46. The number of hydrogen-bond acceptors (Lipinski definition) is 3. The standard InChI is InChI=1S/C19H15ClO3/c1-2-22-19(21)12-16(13-6-4-3-5-7-13)18-11-14-10-15(20)8-9-17(14)23-18/h3-12H,2H2,1H3/b16-12+. The van der Waals surface area contributed by atoms with E-state index in [-0.39, 0.29) is 0 Å². The molecule has 4 heteroatoms. The molecule has 0 aliphatic carbocycles. The van der Waals surface area contributed by atoms with Crippen molar-refractivity contribution in [2.75, 3.05) is 6.61 Å². The van der Waals surface area contributed by atoms with E-state index in [4.69, 9.17) is 20.8 Å². The zero-order chi connectivity index (χ0) is 16.2. The Labute approximate surface area is 139 Å². The van der Waals surface area contributed by atoms with E-state index in [0.29, 0.717) is 23.0 Å². The van der Waals surface area contributed by atoms with Gasteiger partial charge in [0.25, 0.3) is 0 Å². The van der Waals surface area contributed by atoms with Gasteiger partial charge in [0.1, 0.15) is 11.3 Å². The van der Waals surface area contributed by atoms with Crippen LogP contribution < -0.4 is 0 Å². The van der Waals surface area contributed by atoms with Gasteiger partial charge >= 0.3 is 5.97 Å². The lowest BCUT2D eigenvalue weighted by atomic mass is 10.0. The minimum atomic E-state index is -0.398. The van der Waals surface area contributed by atoms with E-state index in [1.54, 1.807) is 13.0 Å². The Bertz CT molecular complexity index is 863. The Morgan fingerprint density at radius 1 is 1.17 bits per heavy atom. The first-order valence-corrected chi connectivity index (χ1v) is 7.68. The average molecular weight is 327 g/mol. The fraction of sp³-hybridized carbons (Fsp3) is 0.105. The van der Waals surface area contributed by atoms with Gasteiger partial charge in [-0.25, -0.2) is 4.79 Å². The summed E-state index contributed by atoms with van der Waals surface area (Å²) in [6, 6.07) is 16.9. The second-order valence-corrected chi connectivity index (χ2v) is 5.41. The molecule has 116 valence electrons. The second-order valence-electron chi connectivity index (χ2n) is 4.97. The van der Waals surface area contributed by atoms with E-state index in [9.17, 15) is 4.79 Å². The maximum atomic E-state index is 11.9. The van der Waals surface area contributed by atoms with E-state index < -0.39 is 5.97 Å². The van der Waals surface area contributed by atoms with Crippen LogP contribution in [0.1, 0.15) is 18.2 Å². The lowest BCUT2D eigenvalue weighted by Gasteiger charge is -2.05. The van der Waals surface area contributed by atoms with Gasteiger partial charge in [-0.2, -0.15) is 0 Å². The first-order chi connectivity index (χ1) is 11.2. The van der Waals surface area contributed by atoms with Crippen molar-refractivity contribution in [2.45, 2.75) is 6.92 Å². The Hall–Kier alpha value is -2.52. The van der Waals surface area contributed by atoms with Gasteiger partial charge in [-0.05, 0) is 36.8 Å². The molecule has 2 aromatic carbocycles. The molecule has 0 fully saturated rings. The second kappa shape index (κ2) is 6.71. The summed E-state index contributed by atoms with van der Waals surface area (Å²) in [6.07, 6.45) is 1.46. The summed E-state index contributed by atoms with van der Waals surface area (Å²) in [7, 11) is 0. The molecule has 1 aromatic heterocycles. The normalized spacial score (nSPS) is 11.7. The van der Waals surface area contributed by atoms with Crippen molar-refractivity contribution in [2.24, 2.45) is 0 Å². The van der Waals surface area contributed by atoms with Crippen molar-refractivity contribution in [1.29, 1.82) is 0 Å². The highest BCUT2D eigenvalue weighted by atomic mass is 35.5. The number of fused-ring (bicyclic) bond motifs is 1. The summed E-state index contributed by atoms with van der Waals surface area (Å²) in [5.41, 5.74) is 2.28. The summed E-state index contributed by atoms with van der Waals surface area (Å²) in [5.74, 6) is 0.200. The number of carbonyl (C=O) groups is 1. The van der Waals surface area contributed by atoms with Crippen LogP contribution in [-0.2, 0) is 9.53 Å². The van der Waals surface area contributed by atoms with Crippen LogP contribution in [0.15, 0.2) is 65.1 Å². The molecule has 23 heavy (non-hydrogen) atoms. The number of benzene rings is 2. The Kier molecular flexibility index (Phi) is 4.49. The largest absolute Gasteiger partial charge is 0.463 e. The van der Waals surface area contributed by atoms with Gasteiger partial charge in [0.15, 0.2) is 0 Å². The van der Waals surface area contributed by atoms with Gasteiger partial charge in [-0.15, -0.1) is 0 Å². The number of halogens is 1. The zero-order valence-electron chi connectivity index (χ0n) is 12.6. The molecule has 0 aliphatic heterocycles. The molecular weight excluding hydrogens is 312 g/mol. The van der Waals surface area contributed by atoms with E-state index in [2.05, 4.69) is 0 Å². The molecule has 0 bridgehead atoms. The first-order valence-electron chi connectivity index (χ1n) is 7.30. The molecule has 0 saturated heterocycles. The fourth-order valence-corrected chi connectivity index (χ4v) is 2.54. The number of hydrogen-bond donors (Lipinski definition) is 0. The van der Waals surface area contributed by atoms with Gasteiger partial charge < -0.3 is 9.15 Å². The maximum Gasteiger partial charge on any atom is 0.331 e. The van der Waals surface area contributed by atoms with Crippen LogP contribution in [0.2, 0.25) is 5.02 Å². The van der Waals surface area contributed by atoms with Crippen LogP contribution in [0.5, 0.6) is 0 Å². The van der Waals surface area contributed by atoms with E-state index in [1.165, 1.54) is 6.08 Å². The van der Waals surface area contributed by atoms with Crippen molar-refractivity contribution in [3.63, 3.8) is 0 Å². The molecular formula is C19H15ClO3. The van der Waals surface area contributed by atoms with Crippen molar-refractivity contribution in [3.05, 3.63) is 77.0 Å². The van der Waals surface area contributed by atoms with Gasteiger partial charge in [-0.3, -0.25) is 0 Å². The van der Waals surface area contributed by atoms with Crippen LogP contribution in [0.4, 0.5) is 0 Å². The van der Waals surface area contributed by atoms with Crippen molar-refractivity contribution < 1.29 is 13.9 Å². The Morgan fingerprint density at radius 2 is 1.96 bits per heavy atom. The molecule has 1 heterocycles. The van der Waals surface area contributed by atoms with Crippen LogP contribution >= 0.6 is 11.6 Å². The highest BCUT2D eigenvalue weighted by molar-refractivity contribution is 6.31. The van der Waals surface area contributed by atoms with E-state index >= 15 is 0 Å². The third-order valence-corrected chi connectivity index (χ3v) is 3.61. The molecule has 0 spiro atoms. The molecule has 0 unspecified atom stereocenters. The first kappa shape index (κ1) is 15.4. The Morgan fingerprint density at radius 3 is 2.70 bits per heavy atom. The Balaban J connectivity index is 2.11. The molecule has 3 nitrogen and oxygen atoms in total. The minimum Gasteiger partial charge on any atom is -0.463 e. The predicted octanol–water partition coefficient (Wildman–Crippen LogP) is 5.08. The fourth-order valence-electron chi connectivity index (χ4n) is 2.36. The van der Waals surface area contributed by atoms with Crippen molar-refractivity contribution >= 4 is 34.1 Å². The summed E-state index contributed by atoms with van der Waals surface area (Å²) in [4.78, 5) is 11.9. The average Bonchev–Trinajstić information content (AvgIpc) is 2.96. The summed E-state index contributed by atoms with van der Waals surface area (Å²) >= 11 is 6.02. The van der Waals surface area contributed by atoms with E-state index in [1.807, 2.05) is 48.5 Å². The highest BCUT2D eigenvalue weighted by Gasteiger charge is 2.13. The molecule has 3 rings (SSSR count). The summed E-state index contributed by atoms with van der Waals surface area (Å²) in [6.45, 7) is 2.10.